The Balaban J connectivity index is 1.86. The molecule has 7 heteroatoms. The van der Waals surface area contributed by atoms with E-state index in [4.69, 9.17) is 4.74 Å². The van der Waals surface area contributed by atoms with Crippen LogP contribution in [0, 0.1) is 12.8 Å². The van der Waals surface area contributed by atoms with Crippen LogP contribution in [0.1, 0.15) is 50.3 Å². The van der Waals surface area contributed by atoms with Gasteiger partial charge in [-0.1, -0.05) is 26.0 Å². The van der Waals surface area contributed by atoms with Gasteiger partial charge in [0.05, 0.1) is 12.0 Å². The summed E-state index contributed by atoms with van der Waals surface area (Å²) in [6.45, 7) is 6.65. The summed E-state index contributed by atoms with van der Waals surface area (Å²) in [6, 6.07) is 12.1. The van der Waals surface area contributed by atoms with Crippen molar-refractivity contribution in [2.45, 2.75) is 51.0 Å². The SMILES string of the molecule is COc1ccc([C@H](CC(C)C)NS(=O)(=O)c2ccc(N3CCCC3=O)c(C)c2)cc1. The third kappa shape index (κ3) is 5.02. The highest BCUT2D eigenvalue weighted by atomic mass is 32.2. The molecular formula is C23H30N2O4S. The van der Waals surface area contributed by atoms with E-state index in [9.17, 15) is 13.2 Å². The largest absolute Gasteiger partial charge is 0.497 e. The molecule has 1 saturated heterocycles. The highest BCUT2D eigenvalue weighted by Crippen LogP contribution is 2.29. The summed E-state index contributed by atoms with van der Waals surface area (Å²) in [5, 5.41) is 0. The minimum absolute atomic E-state index is 0.0864. The summed E-state index contributed by atoms with van der Waals surface area (Å²) in [7, 11) is -2.13. The second-order valence-corrected chi connectivity index (χ2v) is 9.89. The molecule has 0 radical (unpaired) electrons. The molecule has 3 rings (SSSR count). The monoisotopic (exact) mass is 430 g/mol. The number of aryl methyl sites for hydroxylation is 1. The molecule has 6 nitrogen and oxygen atoms in total. The molecule has 1 atom stereocenters. The molecule has 162 valence electrons. The van der Waals surface area contributed by atoms with E-state index >= 15 is 0 Å². The fraction of sp³-hybridized carbons (Fsp3) is 0.435. The van der Waals surface area contributed by atoms with Gasteiger partial charge < -0.3 is 9.64 Å². The van der Waals surface area contributed by atoms with Crippen LogP contribution >= 0.6 is 0 Å². The predicted octanol–water partition coefficient (Wildman–Crippen LogP) is 4.20. The number of ether oxygens (including phenoxy) is 1. The van der Waals surface area contributed by atoms with Gasteiger partial charge >= 0.3 is 0 Å². The number of anilines is 1. The number of carbonyl (C=O) groups excluding carboxylic acids is 1. The topological polar surface area (TPSA) is 75.7 Å². The van der Waals surface area contributed by atoms with Crippen molar-refractivity contribution in [3.8, 4) is 5.75 Å². The van der Waals surface area contributed by atoms with E-state index < -0.39 is 10.0 Å². The van der Waals surface area contributed by atoms with E-state index in [1.807, 2.05) is 31.2 Å². The van der Waals surface area contributed by atoms with Crippen molar-refractivity contribution in [1.82, 2.24) is 4.72 Å². The summed E-state index contributed by atoms with van der Waals surface area (Å²) < 4.78 is 34.4. The maximum Gasteiger partial charge on any atom is 0.241 e. The van der Waals surface area contributed by atoms with Crippen molar-refractivity contribution in [2.75, 3.05) is 18.6 Å². The van der Waals surface area contributed by atoms with Crippen LogP contribution in [0.3, 0.4) is 0 Å². The number of rotatable bonds is 8. The predicted molar refractivity (Wildman–Crippen MR) is 118 cm³/mol. The standard InChI is InChI=1S/C23H30N2O4S/c1-16(2)14-21(18-7-9-19(29-4)10-8-18)24-30(27,28)20-11-12-22(17(3)15-20)25-13-5-6-23(25)26/h7-12,15-16,21,24H,5-6,13-14H2,1-4H3/t21-/m0/s1. The number of methoxy groups -OCH3 is 1. The van der Waals surface area contributed by atoms with Crippen LogP contribution in [-0.4, -0.2) is 28.0 Å². The molecule has 30 heavy (non-hydrogen) atoms. The third-order valence-electron chi connectivity index (χ3n) is 5.37. The van der Waals surface area contributed by atoms with Crippen molar-refractivity contribution in [3.63, 3.8) is 0 Å². The van der Waals surface area contributed by atoms with Crippen LogP contribution in [-0.2, 0) is 14.8 Å². The molecule has 0 saturated carbocycles. The number of nitrogens with zero attached hydrogens (tertiary/aromatic N) is 1. The Hall–Kier alpha value is -2.38. The molecular weight excluding hydrogens is 400 g/mol. The van der Waals surface area contributed by atoms with Gasteiger partial charge in [0.25, 0.3) is 0 Å². The van der Waals surface area contributed by atoms with E-state index in [1.54, 1.807) is 30.2 Å². The molecule has 2 aromatic rings. The highest BCUT2D eigenvalue weighted by molar-refractivity contribution is 7.89. The molecule has 0 bridgehead atoms. The van der Waals surface area contributed by atoms with Crippen LogP contribution < -0.4 is 14.4 Å². The average Bonchev–Trinajstić information content (AvgIpc) is 3.12. The number of amides is 1. The lowest BCUT2D eigenvalue weighted by atomic mass is 9.98. The fourth-order valence-electron chi connectivity index (χ4n) is 3.82. The van der Waals surface area contributed by atoms with Gasteiger partial charge in [-0.15, -0.1) is 0 Å². The zero-order chi connectivity index (χ0) is 21.9. The normalized spacial score (nSPS) is 15.6. The van der Waals surface area contributed by atoms with Crippen molar-refractivity contribution in [3.05, 3.63) is 53.6 Å². The Labute approximate surface area is 179 Å². The van der Waals surface area contributed by atoms with Crippen LogP contribution in [0.4, 0.5) is 5.69 Å². The Bertz CT molecular complexity index is 1000. The lowest BCUT2D eigenvalue weighted by Gasteiger charge is -2.22. The van der Waals surface area contributed by atoms with E-state index in [-0.39, 0.29) is 16.8 Å². The average molecular weight is 431 g/mol. The van der Waals surface area contributed by atoms with Gasteiger partial charge in [0.15, 0.2) is 0 Å². The van der Waals surface area contributed by atoms with Crippen molar-refractivity contribution >= 4 is 21.6 Å². The number of carbonyl (C=O) groups is 1. The maximum atomic E-state index is 13.2. The number of hydrogen-bond acceptors (Lipinski definition) is 4. The maximum absolute atomic E-state index is 13.2. The third-order valence-corrected chi connectivity index (χ3v) is 6.83. The Morgan fingerprint density at radius 3 is 2.37 bits per heavy atom. The van der Waals surface area contributed by atoms with Crippen molar-refractivity contribution in [2.24, 2.45) is 5.92 Å². The Morgan fingerprint density at radius 2 is 1.83 bits per heavy atom. The summed E-state index contributed by atoms with van der Waals surface area (Å²) in [6.07, 6.45) is 2.04. The molecule has 1 amide bonds. The van der Waals surface area contributed by atoms with E-state index in [2.05, 4.69) is 18.6 Å². The molecule has 1 heterocycles. The summed E-state index contributed by atoms with van der Waals surface area (Å²) in [5.74, 6) is 1.13. The number of sulfonamides is 1. The highest BCUT2D eigenvalue weighted by Gasteiger charge is 2.26. The van der Waals surface area contributed by atoms with Crippen LogP contribution in [0.5, 0.6) is 5.75 Å². The smallest absolute Gasteiger partial charge is 0.241 e. The number of nitrogens with one attached hydrogen (secondary N) is 1. The molecule has 0 aliphatic carbocycles. The van der Waals surface area contributed by atoms with E-state index in [0.717, 1.165) is 29.0 Å². The Morgan fingerprint density at radius 1 is 1.13 bits per heavy atom. The first kappa shape index (κ1) is 22.3. The minimum atomic E-state index is -3.73. The Kier molecular flexibility index (Phi) is 6.83. The van der Waals surface area contributed by atoms with Crippen LogP contribution in [0.25, 0.3) is 0 Å². The lowest BCUT2D eigenvalue weighted by Crippen LogP contribution is -2.30. The number of benzene rings is 2. The quantitative estimate of drug-likeness (QED) is 0.681. The van der Waals surface area contributed by atoms with Gasteiger partial charge in [-0.2, -0.15) is 0 Å². The fourth-order valence-corrected chi connectivity index (χ4v) is 5.14. The minimum Gasteiger partial charge on any atom is -0.497 e. The lowest BCUT2D eigenvalue weighted by molar-refractivity contribution is -0.117. The molecule has 0 unspecified atom stereocenters. The van der Waals surface area contributed by atoms with Crippen molar-refractivity contribution < 1.29 is 17.9 Å². The summed E-state index contributed by atoms with van der Waals surface area (Å²) in [5.41, 5.74) is 2.45. The summed E-state index contributed by atoms with van der Waals surface area (Å²) >= 11 is 0. The van der Waals surface area contributed by atoms with Gasteiger partial charge in [-0.3, -0.25) is 4.79 Å². The second-order valence-electron chi connectivity index (χ2n) is 8.17. The zero-order valence-electron chi connectivity index (χ0n) is 18.0. The van der Waals surface area contributed by atoms with Gasteiger partial charge in [0.1, 0.15) is 5.75 Å². The van der Waals surface area contributed by atoms with Crippen LogP contribution in [0.2, 0.25) is 0 Å². The first-order chi connectivity index (χ1) is 14.2. The molecule has 2 aromatic carbocycles. The van der Waals surface area contributed by atoms with Crippen LogP contribution in [0.15, 0.2) is 47.4 Å². The molecule has 1 N–H and O–H groups in total. The molecule has 0 spiro atoms. The second kappa shape index (κ2) is 9.18. The molecule has 1 aliphatic heterocycles. The first-order valence-electron chi connectivity index (χ1n) is 10.3. The van der Waals surface area contributed by atoms with E-state index in [0.29, 0.717) is 25.3 Å². The van der Waals surface area contributed by atoms with Crippen molar-refractivity contribution in [1.29, 1.82) is 0 Å². The molecule has 0 aromatic heterocycles. The zero-order valence-corrected chi connectivity index (χ0v) is 18.8. The first-order valence-corrected chi connectivity index (χ1v) is 11.8. The van der Waals surface area contributed by atoms with Gasteiger partial charge in [0, 0.05) is 24.7 Å². The van der Waals surface area contributed by atoms with E-state index in [1.165, 1.54) is 0 Å². The summed E-state index contributed by atoms with van der Waals surface area (Å²) in [4.78, 5) is 14.0. The molecule has 1 fully saturated rings. The van der Waals surface area contributed by atoms with Gasteiger partial charge in [-0.05, 0) is 67.1 Å². The number of hydrogen-bond donors (Lipinski definition) is 1. The van der Waals surface area contributed by atoms with Gasteiger partial charge in [0.2, 0.25) is 15.9 Å². The molecule has 1 aliphatic rings. The van der Waals surface area contributed by atoms with Gasteiger partial charge in [-0.25, -0.2) is 13.1 Å².